The molecule has 0 heterocycles. The standard InChI is InChI=1S/C22H23O3PS/c1-22(2,3)20-16-10-11-17-21(20)25-26(27,23-18-12-6-4-7-13-18)24-19-14-8-5-9-15-19/h4-17H,1-3H3. The number of hydrogen-bond acceptors (Lipinski definition) is 4. The molecule has 0 aliphatic heterocycles. The minimum absolute atomic E-state index is 0.101. The quantitative estimate of drug-likeness (QED) is 0.430. The van der Waals surface area contributed by atoms with Crippen LogP contribution < -0.4 is 13.6 Å². The second kappa shape index (κ2) is 8.16. The average Bonchev–Trinajstić information content (AvgIpc) is 2.62. The highest BCUT2D eigenvalue weighted by molar-refractivity contribution is 8.08. The van der Waals surface area contributed by atoms with Gasteiger partial charge in [0.15, 0.2) is 0 Å². The lowest BCUT2D eigenvalue weighted by Gasteiger charge is -2.27. The third-order valence-electron chi connectivity index (χ3n) is 3.83. The summed E-state index contributed by atoms with van der Waals surface area (Å²) >= 11 is 5.77. The van der Waals surface area contributed by atoms with Crippen molar-refractivity contribution in [3.05, 3.63) is 90.5 Å². The molecule has 27 heavy (non-hydrogen) atoms. The summed E-state index contributed by atoms with van der Waals surface area (Å²) in [6, 6.07) is 26.6. The van der Waals surface area contributed by atoms with Gasteiger partial charge in [0.05, 0.1) is 0 Å². The maximum absolute atomic E-state index is 6.25. The molecule has 0 aliphatic carbocycles. The monoisotopic (exact) mass is 398 g/mol. The zero-order chi connectivity index (χ0) is 19.3. The summed E-state index contributed by atoms with van der Waals surface area (Å²) in [5.74, 6) is 1.91. The van der Waals surface area contributed by atoms with E-state index >= 15 is 0 Å². The van der Waals surface area contributed by atoms with Crippen LogP contribution in [0, 0.1) is 0 Å². The van der Waals surface area contributed by atoms with Gasteiger partial charge in [-0.2, -0.15) is 0 Å². The maximum Gasteiger partial charge on any atom is 0.490 e. The van der Waals surface area contributed by atoms with Gasteiger partial charge in [-0.3, -0.25) is 0 Å². The summed E-state index contributed by atoms with van der Waals surface area (Å²) in [5, 5.41) is 0. The SMILES string of the molecule is CC(C)(C)c1ccccc1OP(=S)(Oc1ccccc1)Oc1ccccc1. The van der Waals surface area contributed by atoms with Gasteiger partial charge in [-0.1, -0.05) is 75.4 Å². The van der Waals surface area contributed by atoms with Crippen LogP contribution in [0.15, 0.2) is 84.9 Å². The molecule has 0 N–H and O–H groups in total. The van der Waals surface area contributed by atoms with Crippen LogP contribution in [-0.2, 0) is 17.2 Å². The molecular weight excluding hydrogens is 375 g/mol. The lowest BCUT2D eigenvalue weighted by atomic mass is 9.86. The van der Waals surface area contributed by atoms with E-state index in [4.69, 9.17) is 25.4 Å². The molecule has 3 aromatic carbocycles. The molecule has 3 nitrogen and oxygen atoms in total. The van der Waals surface area contributed by atoms with Crippen LogP contribution >= 0.6 is 6.72 Å². The molecular formula is C22H23O3PS. The Morgan fingerprint density at radius 3 is 1.56 bits per heavy atom. The Bertz CT molecular complexity index is 876. The number of rotatable bonds is 6. The van der Waals surface area contributed by atoms with Crippen LogP contribution in [0.1, 0.15) is 26.3 Å². The number of benzene rings is 3. The fourth-order valence-electron chi connectivity index (χ4n) is 2.56. The van der Waals surface area contributed by atoms with E-state index in [1.165, 1.54) is 0 Å². The molecule has 0 atom stereocenters. The van der Waals surface area contributed by atoms with Crippen LogP contribution in [-0.4, -0.2) is 0 Å². The van der Waals surface area contributed by atoms with E-state index in [0.29, 0.717) is 17.2 Å². The molecule has 0 fully saturated rings. The molecule has 5 heteroatoms. The summed E-state index contributed by atoms with van der Waals surface area (Å²) in [6.45, 7) is 3.25. The molecule has 0 amide bonds. The lowest BCUT2D eigenvalue weighted by molar-refractivity contribution is 0.378. The first-order valence-electron chi connectivity index (χ1n) is 8.74. The molecule has 0 radical (unpaired) electrons. The van der Waals surface area contributed by atoms with Crippen molar-refractivity contribution in [2.45, 2.75) is 26.2 Å². The van der Waals surface area contributed by atoms with Crippen molar-refractivity contribution in [2.75, 3.05) is 0 Å². The van der Waals surface area contributed by atoms with Gasteiger partial charge in [-0.25, -0.2) is 0 Å². The van der Waals surface area contributed by atoms with Gasteiger partial charge in [-0.15, -0.1) is 0 Å². The van der Waals surface area contributed by atoms with E-state index in [9.17, 15) is 0 Å². The summed E-state index contributed by atoms with van der Waals surface area (Å²) in [6.07, 6.45) is 0. The first-order valence-corrected chi connectivity index (χ1v) is 11.3. The number of hydrogen-bond donors (Lipinski definition) is 0. The topological polar surface area (TPSA) is 27.7 Å². The van der Waals surface area contributed by atoms with E-state index in [0.717, 1.165) is 5.56 Å². The van der Waals surface area contributed by atoms with Crippen LogP contribution in [0.4, 0.5) is 0 Å². The molecule has 140 valence electrons. The van der Waals surface area contributed by atoms with Crippen molar-refractivity contribution in [1.29, 1.82) is 0 Å². The van der Waals surface area contributed by atoms with Gasteiger partial charge in [-0.05, 0) is 35.7 Å². The summed E-state index contributed by atoms with van der Waals surface area (Å²) in [4.78, 5) is 0. The molecule has 0 saturated carbocycles. The zero-order valence-electron chi connectivity index (χ0n) is 15.7. The van der Waals surface area contributed by atoms with E-state index in [-0.39, 0.29) is 5.41 Å². The average molecular weight is 398 g/mol. The third-order valence-corrected chi connectivity index (χ3v) is 5.79. The third kappa shape index (κ3) is 5.35. The minimum atomic E-state index is -3.15. The highest BCUT2D eigenvalue weighted by Crippen LogP contribution is 2.51. The van der Waals surface area contributed by atoms with Crippen LogP contribution in [0.5, 0.6) is 17.2 Å². The fourth-order valence-corrected chi connectivity index (χ4v) is 4.59. The van der Waals surface area contributed by atoms with Crippen LogP contribution in [0.2, 0.25) is 0 Å². The minimum Gasteiger partial charge on any atom is -0.407 e. The van der Waals surface area contributed by atoms with Gasteiger partial charge >= 0.3 is 6.72 Å². The Hall–Kier alpha value is -2.29. The Morgan fingerprint density at radius 2 is 1.07 bits per heavy atom. The van der Waals surface area contributed by atoms with Crippen LogP contribution in [0.3, 0.4) is 0 Å². The van der Waals surface area contributed by atoms with Gasteiger partial charge in [0, 0.05) is 17.4 Å². The van der Waals surface area contributed by atoms with E-state index < -0.39 is 6.72 Å². The van der Waals surface area contributed by atoms with Gasteiger partial charge in [0.2, 0.25) is 0 Å². The van der Waals surface area contributed by atoms with Gasteiger partial charge in [0.1, 0.15) is 17.2 Å². The fraction of sp³-hybridized carbons (Fsp3) is 0.182. The van der Waals surface area contributed by atoms with Crippen molar-refractivity contribution >= 4 is 18.5 Å². The lowest BCUT2D eigenvalue weighted by Crippen LogP contribution is -2.14. The van der Waals surface area contributed by atoms with Crippen molar-refractivity contribution in [2.24, 2.45) is 0 Å². The normalized spacial score (nSPS) is 11.7. The summed E-state index contributed by atoms with van der Waals surface area (Å²) in [5.41, 5.74) is 0.948. The summed E-state index contributed by atoms with van der Waals surface area (Å²) in [7, 11) is 0. The Balaban J connectivity index is 1.97. The van der Waals surface area contributed by atoms with Crippen molar-refractivity contribution in [3.63, 3.8) is 0 Å². The highest BCUT2D eigenvalue weighted by Gasteiger charge is 2.29. The molecule has 0 aliphatic rings. The number of para-hydroxylation sites is 3. The maximum atomic E-state index is 6.25. The first kappa shape index (κ1) is 19.5. The van der Waals surface area contributed by atoms with Gasteiger partial charge < -0.3 is 13.6 Å². The van der Waals surface area contributed by atoms with Crippen molar-refractivity contribution in [1.82, 2.24) is 0 Å². The second-order valence-electron chi connectivity index (χ2n) is 7.09. The predicted octanol–water partition coefficient (Wildman–Crippen LogP) is 6.75. The Kier molecular flexibility index (Phi) is 5.88. The molecule has 0 unspecified atom stereocenters. The van der Waals surface area contributed by atoms with Gasteiger partial charge in [0.25, 0.3) is 0 Å². The molecule has 0 aromatic heterocycles. The van der Waals surface area contributed by atoms with E-state index in [2.05, 4.69) is 20.8 Å². The van der Waals surface area contributed by atoms with Crippen LogP contribution in [0.25, 0.3) is 0 Å². The largest absolute Gasteiger partial charge is 0.490 e. The molecule has 0 saturated heterocycles. The van der Waals surface area contributed by atoms with Crippen molar-refractivity contribution in [3.8, 4) is 17.2 Å². The Labute approximate surface area is 166 Å². The summed E-state index contributed by atoms with van der Waals surface area (Å²) < 4.78 is 18.4. The molecule has 3 rings (SSSR count). The van der Waals surface area contributed by atoms with Crippen molar-refractivity contribution < 1.29 is 13.6 Å². The first-order chi connectivity index (χ1) is 12.9. The second-order valence-corrected chi connectivity index (χ2v) is 9.88. The van der Waals surface area contributed by atoms with E-state index in [1.807, 2.05) is 84.9 Å². The smallest absolute Gasteiger partial charge is 0.407 e. The Morgan fingerprint density at radius 1 is 0.630 bits per heavy atom. The highest BCUT2D eigenvalue weighted by atomic mass is 32.5. The molecule has 0 spiro atoms. The molecule has 0 bridgehead atoms. The van der Waals surface area contributed by atoms with E-state index in [1.54, 1.807) is 0 Å². The molecule has 3 aromatic rings. The predicted molar refractivity (Wildman–Crippen MR) is 114 cm³/mol. The zero-order valence-corrected chi connectivity index (χ0v) is 17.4.